The van der Waals surface area contributed by atoms with E-state index in [1.54, 1.807) is 44.2 Å². The van der Waals surface area contributed by atoms with Gasteiger partial charge in [0.25, 0.3) is 0 Å². The summed E-state index contributed by atoms with van der Waals surface area (Å²) < 4.78 is 0. The number of hydrogen-bond donors (Lipinski definition) is 2. The molecule has 0 aliphatic rings. The zero-order chi connectivity index (χ0) is 17.1. The molecule has 3 nitrogen and oxygen atoms in total. The number of H-pyrrole nitrogens is 1. The van der Waals surface area contributed by atoms with E-state index in [1.165, 1.54) is 0 Å². The second-order valence-corrected chi connectivity index (χ2v) is 6.66. The molecule has 1 aromatic heterocycles. The summed E-state index contributed by atoms with van der Waals surface area (Å²) >= 11 is 7.33. The van der Waals surface area contributed by atoms with Gasteiger partial charge in [-0.15, -0.1) is 11.6 Å². The van der Waals surface area contributed by atoms with Gasteiger partial charge in [0, 0.05) is 21.9 Å². The Bertz CT molecular complexity index is 626. The predicted octanol–water partition coefficient (Wildman–Crippen LogP) is 5.11. The number of alkyl halides is 1. The van der Waals surface area contributed by atoms with Gasteiger partial charge in [0.1, 0.15) is 0 Å². The highest BCUT2D eigenvalue weighted by molar-refractivity contribution is 8.03. The van der Waals surface area contributed by atoms with Crippen molar-refractivity contribution in [2.45, 2.75) is 31.3 Å². The van der Waals surface area contributed by atoms with Crippen LogP contribution in [0.2, 0.25) is 0 Å². The Balaban J connectivity index is 3.30. The van der Waals surface area contributed by atoms with E-state index in [0.29, 0.717) is 5.88 Å². The van der Waals surface area contributed by atoms with E-state index >= 15 is 0 Å². The van der Waals surface area contributed by atoms with Crippen LogP contribution in [0.1, 0.15) is 26.5 Å². The first-order valence-corrected chi connectivity index (χ1v) is 8.65. The number of nitrogens with one attached hydrogen (secondary N) is 1. The Kier molecular flexibility index (Phi) is 8.77. The van der Waals surface area contributed by atoms with Crippen molar-refractivity contribution < 1.29 is 5.11 Å². The van der Waals surface area contributed by atoms with Crippen molar-refractivity contribution in [3.8, 4) is 0 Å². The number of nitrogens with zero attached hydrogens (tertiary/aromatic N) is 1. The molecule has 0 amide bonds. The van der Waals surface area contributed by atoms with Gasteiger partial charge in [-0.1, -0.05) is 42.1 Å². The molecule has 0 aliphatic carbocycles. The van der Waals surface area contributed by atoms with Gasteiger partial charge in [0.05, 0.1) is 17.6 Å². The Morgan fingerprint density at radius 3 is 2.87 bits per heavy atom. The highest BCUT2D eigenvalue weighted by Gasteiger charge is 2.07. The van der Waals surface area contributed by atoms with E-state index in [-0.39, 0.29) is 0 Å². The molecule has 2 N–H and O–H groups in total. The first kappa shape index (κ1) is 19.6. The number of hydrogen-bond acceptors (Lipinski definition) is 3. The number of rotatable bonds is 6. The van der Waals surface area contributed by atoms with Crippen molar-refractivity contribution in [3.63, 3.8) is 0 Å². The third-order valence-electron chi connectivity index (χ3n) is 2.63. The molecule has 0 saturated heterocycles. The molecule has 0 radical (unpaired) electrons. The molecule has 23 heavy (non-hydrogen) atoms. The minimum atomic E-state index is -0.885. The summed E-state index contributed by atoms with van der Waals surface area (Å²) in [6, 6.07) is 5.80. The van der Waals surface area contributed by atoms with Crippen molar-refractivity contribution in [3.05, 3.63) is 65.6 Å². The number of aromatic nitrogens is 2. The third kappa shape index (κ3) is 8.65. The summed E-state index contributed by atoms with van der Waals surface area (Å²) in [7, 11) is 0. The van der Waals surface area contributed by atoms with Crippen LogP contribution >= 0.6 is 23.4 Å². The smallest absolute Gasteiger partial charge is 0.0923 e. The van der Waals surface area contributed by atoms with Gasteiger partial charge in [0.2, 0.25) is 0 Å². The van der Waals surface area contributed by atoms with Gasteiger partial charge in [-0.05, 0) is 39.0 Å². The van der Waals surface area contributed by atoms with Crippen LogP contribution in [0.15, 0.2) is 64.8 Å². The van der Waals surface area contributed by atoms with Crippen LogP contribution in [0.4, 0.5) is 0 Å². The number of aromatic amines is 1. The van der Waals surface area contributed by atoms with Gasteiger partial charge in [-0.3, -0.25) is 0 Å². The quantitative estimate of drug-likeness (QED) is 0.426. The molecule has 0 aliphatic heterocycles. The number of halogens is 1. The van der Waals surface area contributed by atoms with E-state index in [4.69, 9.17) is 11.6 Å². The van der Waals surface area contributed by atoms with Gasteiger partial charge in [0.15, 0.2) is 0 Å². The Morgan fingerprint density at radius 2 is 2.22 bits per heavy atom. The maximum Gasteiger partial charge on any atom is 0.0923 e. The third-order valence-corrected chi connectivity index (χ3v) is 3.99. The molecule has 1 heterocycles. The maximum atomic E-state index is 9.91. The monoisotopic (exact) mass is 350 g/mol. The van der Waals surface area contributed by atoms with Crippen LogP contribution < -0.4 is 0 Å². The second kappa shape index (κ2) is 10.3. The lowest BCUT2D eigenvalue weighted by Crippen LogP contribution is -2.13. The van der Waals surface area contributed by atoms with Crippen LogP contribution in [-0.4, -0.2) is 26.6 Å². The normalized spacial score (nSPS) is 12.8. The Hall–Kier alpha value is -1.49. The number of thioether (sulfide) groups is 1. The molecule has 1 aromatic rings. The van der Waals surface area contributed by atoms with Gasteiger partial charge < -0.3 is 10.1 Å². The topological polar surface area (TPSA) is 48.9 Å². The van der Waals surface area contributed by atoms with Crippen LogP contribution in [0.25, 0.3) is 6.08 Å². The molecule has 0 fully saturated rings. The summed E-state index contributed by atoms with van der Waals surface area (Å²) in [6.07, 6.45) is 12.9. The maximum absolute atomic E-state index is 9.91. The summed E-state index contributed by atoms with van der Waals surface area (Å²) in [4.78, 5) is 9.37. The summed E-state index contributed by atoms with van der Waals surface area (Å²) in [6.45, 7) is 5.46. The highest BCUT2D eigenvalue weighted by Crippen LogP contribution is 2.29. The summed E-state index contributed by atoms with van der Waals surface area (Å²) in [5, 5.41) is 9.91. The molecule has 0 unspecified atom stereocenters. The molecule has 124 valence electrons. The fourth-order valence-corrected chi connectivity index (χ4v) is 2.55. The average Bonchev–Trinajstić information content (AvgIpc) is 2.60. The average molecular weight is 351 g/mol. The molecule has 5 heteroatoms. The first-order valence-electron chi connectivity index (χ1n) is 7.30. The second-order valence-electron chi connectivity index (χ2n) is 5.24. The largest absolute Gasteiger partial charge is 0.386 e. The standard InChI is InChI=1S/C18H23ClN2OS/c1-4-15(8-7-12-19)23-17-9-5-6-13-20-14-21-16(17)10-11-18(2,3)22/h4-11,13-14,22H,12H2,1-3H3,(H,20,21)/b8-7-,9-5?,11-10+,13-6?,15-4+,17-16?. The van der Waals surface area contributed by atoms with Crippen molar-refractivity contribution in [2.24, 2.45) is 0 Å². The molecule has 0 atom stereocenters. The lowest BCUT2D eigenvalue weighted by atomic mass is 10.1. The molecular formula is C18H23ClN2OS. The SMILES string of the molecule is C/C=C(\C=C/CCl)Sc1ccccnc[nH]c1/C=C/C(C)(C)O. The molecule has 0 bridgehead atoms. The van der Waals surface area contributed by atoms with Gasteiger partial charge in [-0.25, -0.2) is 4.98 Å². The van der Waals surface area contributed by atoms with Gasteiger partial charge in [-0.2, -0.15) is 0 Å². The van der Waals surface area contributed by atoms with Crippen molar-refractivity contribution >= 4 is 29.4 Å². The molecular weight excluding hydrogens is 328 g/mol. The Labute approximate surface area is 147 Å². The zero-order valence-corrected chi connectivity index (χ0v) is 15.2. The number of allylic oxidation sites excluding steroid dienone is 3. The summed E-state index contributed by atoms with van der Waals surface area (Å²) in [5.74, 6) is 0.478. The first-order chi connectivity index (χ1) is 11.0. The van der Waals surface area contributed by atoms with E-state index < -0.39 is 5.60 Å². The van der Waals surface area contributed by atoms with Gasteiger partial charge >= 0.3 is 0 Å². The minimum Gasteiger partial charge on any atom is -0.386 e. The summed E-state index contributed by atoms with van der Waals surface area (Å²) in [5.41, 5.74) is -0.0244. The van der Waals surface area contributed by atoms with Crippen molar-refractivity contribution in [1.82, 2.24) is 9.97 Å². The van der Waals surface area contributed by atoms with Crippen molar-refractivity contribution in [1.29, 1.82) is 0 Å². The lowest BCUT2D eigenvalue weighted by molar-refractivity contribution is 0.134. The molecule has 0 aromatic carbocycles. The lowest BCUT2D eigenvalue weighted by Gasteiger charge is -2.11. The molecule has 0 spiro atoms. The van der Waals surface area contributed by atoms with Crippen molar-refractivity contribution in [2.75, 3.05) is 5.88 Å². The van der Waals surface area contributed by atoms with E-state index in [9.17, 15) is 5.11 Å². The van der Waals surface area contributed by atoms with Crippen LogP contribution in [0.5, 0.6) is 0 Å². The van der Waals surface area contributed by atoms with E-state index in [0.717, 1.165) is 15.5 Å². The highest BCUT2D eigenvalue weighted by atomic mass is 35.5. The molecule has 0 saturated carbocycles. The predicted molar refractivity (Wildman–Crippen MR) is 101 cm³/mol. The fraction of sp³-hybridized carbons (Fsp3) is 0.278. The van der Waals surface area contributed by atoms with Crippen LogP contribution in [0, 0.1) is 0 Å². The zero-order valence-electron chi connectivity index (χ0n) is 13.7. The van der Waals surface area contributed by atoms with Crippen LogP contribution in [-0.2, 0) is 0 Å². The molecule has 1 rings (SSSR count). The Morgan fingerprint density at radius 1 is 1.43 bits per heavy atom. The minimum absolute atomic E-state index is 0.478. The van der Waals surface area contributed by atoms with E-state index in [1.807, 2.05) is 49.4 Å². The van der Waals surface area contributed by atoms with E-state index in [2.05, 4.69) is 9.97 Å². The number of aliphatic hydroxyl groups is 1. The van der Waals surface area contributed by atoms with Crippen LogP contribution in [0.3, 0.4) is 0 Å². The fourth-order valence-electron chi connectivity index (χ4n) is 1.54.